The van der Waals surface area contributed by atoms with Gasteiger partial charge in [0.1, 0.15) is 0 Å². The number of rotatable bonds is 3. The molecule has 0 saturated heterocycles. The normalized spacial score (nSPS) is 18.2. The smallest absolute Gasteiger partial charge is 0.251 e. The molecule has 2 rings (SSSR count). The summed E-state index contributed by atoms with van der Waals surface area (Å²) in [6.07, 6.45) is 5.62. The average molecular weight is 279 g/mol. The Hall–Kier alpha value is -1.75. The summed E-state index contributed by atoms with van der Waals surface area (Å²) in [5, 5.41) is 31.7. The maximum absolute atomic E-state index is 12.0. The number of carbonyl (C=O) groups excluding carboxylic acids is 1. The van der Waals surface area contributed by atoms with Crippen LogP contribution in [0.15, 0.2) is 18.2 Å². The second-order valence-corrected chi connectivity index (χ2v) is 5.52. The third-order valence-corrected chi connectivity index (χ3v) is 3.85. The molecule has 0 atom stereocenters. The highest BCUT2D eigenvalue weighted by Crippen LogP contribution is 2.27. The van der Waals surface area contributed by atoms with Crippen molar-refractivity contribution in [3.05, 3.63) is 23.8 Å². The van der Waals surface area contributed by atoms with Crippen LogP contribution in [0.5, 0.6) is 11.5 Å². The molecule has 110 valence electrons. The van der Waals surface area contributed by atoms with Crippen LogP contribution in [0.25, 0.3) is 0 Å². The highest BCUT2D eigenvalue weighted by atomic mass is 16.3. The minimum Gasteiger partial charge on any atom is -0.504 e. The van der Waals surface area contributed by atoms with Gasteiger partial charge in [0.2, 0.25) is 0 Å². The first kappa shape index (κ1) is 14.7. The molecular formula is C15H21NO4. The number of carbonyl (C=O) groups is 1. The lowest BCUT2D eigenvalue weighted by molar-refractivity contribution is 0.0246. The van der Waals surface area contributed by atoms with E-state index < -0.39 is 5.60 Å². The van der Waals surface area contributed by atoms with Gasteiger partial charge in [0.25, 0.3) is 5.91 Å². The molecule has 0 unspecified atom stereocenters. The van der Waals surface area contributed by atoms with Gasteiger partial charge in [-0.3, -0.25) is 4.79 Å². The Morgan fingerprint density at radius 2 is 1.75 bits per heavy atom. The van der Waals surface area contributed by atoms with Crippen molar-refractivity contribution in [2.75, 3.05) is 6.54 Å². The minimum atomic E-state index is -0.828. The molecule has 1 aliphatic carbocycles. The summed E-state index contributed by atoms with van der Waals surface area (Å²) in [4.78, 5) is 12.0. The van der Waals surface area contributed by atoms with Crippen LogP contribution in [0.1, 0.15) is 48.9 Å². The molecule has 1 saturated carbocycles. The summed E-state index contributed by atoms with van der Waals surface area (Å²) in [5.41, 5.74) is -0.567. The summed E-state index contributed by atoms with van der Waals surface area (Å²) < 4.78 is 0. The summed E-state index contributed by atoms with van der Waals surface area (Å²) >= 11 is 0. The second-order valence-electron chi connectivity index (χ2n) is 5.52. The van der Waals surface area contributed by atoms with E-state index in [2.05, 4.69) is 5.32 Å². The Balaban J connectivity index is 1.95. The number of aromatic hydroxyl groups is 2. The Morgan fingerprint density at radius 3 is 2.35 bits per heavy atom. The molecule has 20 heavy (non-hydrogen) atoms. The summed E-state index contributed by atoms with van der Waals surface area (Å²) in [5.74, 6) is -0.951. The Kier molecular flexibility index (Phi) is 4.49. The first-order valence-electron chi connectivity index (χ1n) is 7.03. The van der Waals surface area contributed by atoms with Crippen molar-refractivity contribution in [3.8, 4) is 11.5 Å². The number of hydrogen-bond donors (Lipinski definition) is 4. The molecule has 1 aromatic rings. The molecule has 5 heteroatoms. The zero-order valence-corrected chi connectivity index (χ0v) is 11.4. The van der Waals surface area contributed by atoms with E-state index in [0.717, 1.165) is 25.7 Å². The van der Waals surface area contributed by atoms with Gasteiger partial charge in [-0.15, -0.1) is 0 Å². The van der Waals surface area contributed by atoms with Crippen molar-refractivity contribution in [3.63, 3.8) is 0 Å². The van der Waals surface area contributed by atoms with Gasteiger partial charge >= 0.3 is 0 Å². The number of aliphatic hydroxyl groups is 1. The maximum Gasteiger partial charge on any atom is 0.251 e. The topological polar surface area (TPSA) is 89.8 Å². The third kappa shape index (κ3) is 3.63. The monoisotopic (exact) mass is 279 g/mol. The summed E-state index contributed by atoms with van der Waals surface area (Å²) in [7, 11) is 0. The van der Waals surface area contributed by atoms with Crippen molar-refractivity contribution in [1.82, 2.24) is 5.32 Å². The van der Waals surface area contributed by atoms with Crippen LogP contribution < -0.4 is 5.32 Å². The molecule has 1 aromatic carbocycles. The number of phenolic OH excluding ortho intramolecular Hbond substituents is 2. The molecule has 5 nitrogen and oxygen atoms in total. The van der Waals surface area contributed by atoms with Gasteiger partial charge in [-0.1, -0.05) is 25.7 Å². The van der Waals surface area contributed by atoms with Gasteiger partial charge in [-0.25, -0.2) is 0 Å². The van der Waals surface area contributed by atoms with Crippen LogP contribution in [0.4, 0.5) is 0 Å². The maximum atomic E-state index is 12.0. The van der Waals surface area contributed by atoms with Crippen LogP contribution in [0, 0.1) is 0 Å². The Morgan fingerprint density at radius 1 is 1.10 bits per heavy atom. The van der Waals surface area contributed by atoms with Crippen molar-refractivity contribution < 1.29 is 20.1 Å². The second kappa shape index (κ2) is 6.13. The van der Waals surface area contributed by atoms with Gasteiger partial charge in [0.05, 0.1) is 5.60 Å². The van der Waals surface area contributed by atoms with E-state index in [1.165, 1.54) is 18.2 Å². The molecule has 0 aromatic heterocycles. The number of amides is 1. The SMILES string of the molecule is O=C(NCC1(O)CCCCCC1)c1ccc(O)c(O)c1. The molecule has 1 aliphatic rings. The van der Waals surface area contributed by atoms with E-state index in [9.17, 15) is 20.1 Å². The van der Waals surface area contributed by atoms with Crippen molar-refractivity contribution >= 4 is 5.91 Å². The lowest BCUT2D eigenvalue weighted by Crippen LogP contribution is -2.42. The molecule has 0 aliphatic heterocycles. The first-order chi connectivity index (χ1) is 9.50. The fourth-order valence-electron chi connectivity index (χ4n) is 2.57. The zero-order chi connectivity index (χ0) is 14.6. The van der Waals surface area contributed by atoms with E-state index >= 15 is 0 Å². The standard InChI is InChI=1S/C15H21NO4/c17-12-6-5-11(9-13(12)18)14(19)16-10-15(20)7-3-1-2-4-8-15/h5-6,9,17-18,20H,1-4,7-8,10H2,(H,16,19). The Bertz CT molecular complexity index is 479. The average Bonchev–Trinajstić information content (AvgIpc) is 2.65. The molecule has 1 fully saturated rings. The molecule has 0 radical (unpaired) electrons. The van der Waals surface area contributed by atoms with E-state index in [1.54, 1.807) is 0 Å². The van der Waals surface area contributed by atoms with E-state index in [4.69, 9.17) is 0 Å². The fourth-order valence-corrected chi connectivity index (χ4v) is 2.57. The van der Waals surface area contributed by atoms with Crippen LogP contribution >= 0.6 is 0 Å². The predicted octanol–water partition coefficient (Wildman–Crippen LogP) is 1.91. The van der Waals surface area contributed by atoms with Gasteiger partial charge in [-0.05, 0) is 31.0 Å². The fraction of sp³-hybridized carbons (Fsp3) is 0.533. The number of nitrogens with one attached hydrogen (secondary N) is 1. The van der Waals surface area contributed by atoms with Crippen molar-refractivity contribution in [1.29, 1.82) is 0 Å². The van der Waals surface area contributed by atoms with Gasteiger partial charge < -0.3 is 20.6 Å². The summed E-state index contributed by atoms with van der Waals surface area (Å²) in [6, 6.07) is 3.91. The molecule has 0 spiro atoms. The third-order valence-electron chi connectivity index (χ3n) is 3.85. The highest BCUT2D eigenvalue weighted by molar-refractivity contribution is 5.94. The quantitative estimate of drug-likeness (QED) is 0.502. The molecule has 1 amide bonds. The zero-order valence-electron chi connectivity index (χ0n) is 11.4. The van der Waals surface area contributed by atoms with Crippen LogP contribution in [-0.4, -0.2) is 33.4 Å². The molecular weight excluding hydrogens is 258 g/mol. The molecule has 0 heterocycles. The molecule has 0 bridgehead atoms. The lowest BCUT2D eigenvalue weighted by Gasteiger charge is -2.26. The largest absolute Gasteiger partial charge is 0.504 e. The predicted molar refractivity (Wildman–Crippen MR) is 74.8 cm³/mol. The number of hydrogen-bond acceptors (Lipinski definition) is 4. The number of phenols is 2. The minimum absolute atomic E-state index is 0.216. The molecule has 4 N–H and O–H groups in total. The van der Waals surface area contributed by atoms with E-state index in [1.807, 2.05) is 0 Å². The van der Waals surface area contributed by atoms with Crippen molar-refractivity contribution in [2.24, 2.45) is 0 Å². The number of benzene rings is 1. The van der Waals surface area contributed by atoms with Crippen LogP contribution in [-0.2, 0) is 0 Å². The van der Waals surface area contributed by atoms with E-state index in [-0.39, 0.29) is 29.5 Å². The van der Waals surface area contributed by atoms with Crippen LogP contribution in [0.3, 0.4) is 0 Å². The van der Waals surface area contributed by atoms with Gasteiger partial charge in [0.15, 0.2) is 11.5 Å². The Labute approximate surface area is 118 Å². The first-order valence-corrected chi connectivity index (χ1v) is 7.03. The van der Waals surface area contributed by atoms with Crippen molar-refractivity contribution in [2.45, 2.75) is 44.1 Å². The highest BCUT2D eigenvalue weighted by Gasteiger charge is 2.28. The lowest BCUT2D eigenvalue weighted by atomic mass is 9.94. The summed E-state index contributed by atoms with van der Waals surface area (Å²) in [6.45, 7) is 0.216. The van der Waals surface area contributed by atoms with E-state index in [0.29, 0.717) is 12.8 Å². The van der Waals surface area contributed by atoms with Gasteiger partial charge in [0, 0.05) is 12.1 Å². The van der Waals surface area contributed by atoms with Crippen LogP contribution in [0.2, 0.25) is 0 Å². The van der Waals surface area contributed by atoms with Gasteiger partial charge in [-0.2, -0.15) is 0 Å².